The second kappa shape index (κ2) is 5.03. The molecule has 3 rings (SSSR count). The highest BCUT2D eigenvalue weighted by molar-refractivity contribution is 7.12. The first-order valence-electron chi connectivity index (χ1n) is 6.22. The second-order valence-electron chi connectivity index (χ2n) is 4.66. The van der Waals surface area contributed by atoms with Gasteiger partial charge in [-0.2, -0.15) is 8.78 Å². The number of carbonyl (C=O) groups excluding carboxylic acids is 1. The molecule has 0 atom stereocenters. The Labute approximate surface area is 127 Å². The van der Waals surface area contributed by atoms with E-state index in [0.29, 0.717) is 5.56 Å². The van der Waals surface area contributed by atoms with Gasteiger partial charge in [-0.1, -0.05) is 18.2 Å². The van der Waals surface area contributed by atoms with Crippen LogP contribution < -0.4 is 0 Å². The number of halogens is 2. The molecule has 0 radical (unpaired) electrons. The van der Waals surface area contributed by atoms with Gasteiger partial charge in [-0.3, -0.25) is 4.79 Å². The van der Waals surface area contributed by atoms with E-state index in [1.165, 1.54) is 6.07 Å². The van der Waals surface area contributed by atoms with Crippen molar-refractivity contribution in [1.82, 2.24) is 4.98 Å². The highest BCUT2D eigenvalue weighted by Crippen LogP contribution is 2.33. The van der Waals surface area contributed by atoms with Crippen LogP contribution in [0, 0.1) is 0 Å². The lowest BCUT2D eigenvalue weighted by Gasteiger charge is -2.07. The van der Waals surface area contributed by atoms with E-state index < -0.39 is 17.7 Å². The van der Waals surface area contributed by atoms with E-state index in [4.69, 9.17) is 5.11 Å². The predicted molar refractivity (Wildman–Crippen MR) is 78.5 cm³/mol. The molecule has 0 aliphatic carbocycles. The number of ketones is 1. The zero-order valence-corrected chi connectivity index (χ0v) is 11.8. The van der Waals surface area contributed by atoms with Crippen LogP contribution in [0.3, 0.4) is 0 Å². The number of para-hydroxylation sites is 1. The Bertz CT molecular complexity index is 882. The minimum Gasteiger partial charge on any atom is -0.476 e. The van der Waals surface area contributed by atoms with E-state index in [9.17, 15) is 18.4 Å². The fraction of sp³-hybridized carbons (Fsp3) is 0.0667. The average molecular weight is 321 g/mol. The molecule has 0 unspecified atom stereocenters. The Morgan fingerprint density at radius 1 is 1.23 bits per heavy atom. The molecule has 2 N–H and O–H groups in total. The fourth-order valence-electron chi connectivity index (χ4n) is 2.16. The summed E-state index contributed by atoms with van der Waals surface area (Å²) in [4.78, 5) is 24.9. The van der Waals surface area contributed by atoms with Crippen molar-refractivity contribution >= 4 is 34.0 Å². The predicted octanol–water partition coefficient (Wildman–Crippen LogP) is 3.80. The summed E-state index contributed by atoms with van der Waals surface area (Å²) >= 11 is 0.802. The van der Waals surface area contributed by atoms with Crippen molar-refractivity contribution < 1.29 is 23.5 Å². The van der Waals surface area contributed by atoms with Crippen molar-refractivity contribution in [2.45, 2.75) is 5.92 Å². The van der Waals surface area contributed by atoms with Crippen LogP contribution in [-0.2, 0) is 4.79 Å². The van der Waals surface area contributed by atoms with Crippen LogP contribution in [0.25, 0.3) is 22.0 Å². The molecule has 2 aromatic heterocycles. The van der Waals surface area contributed by atoms with Crippen molar-refractivity contribution in [2.24, 2.45) is 0 Å². The minimum absolute atomic E-state index is 0.285. The molecule has 0 saturated heterocycles. The van der Waals surface area contributed by atoms with Gasteiger partial charge in [-0.05, 0) is 23.1 Å². The molecule has 7 heteroatoms. The molecule has 0 aliphatic heterocycles. The second-order valence-corrected chi connectivity index (χ2v) is 5.57. The van der Waals surface area contributed by atoms with Gasteiger partial charge in [0.2, 0.25) is 0 Å². The number of rotatable bonds is 4. The number of aromatic amines is 1. The van der Waals surface area contributed by atoms with Crippen molar-refractivity contribution in [3.63, 3.8) is 0 Å². The van der Waals surface area contributed by atoms with Gasteiger partial charge in [0, 0.05) is 22.7 Å². The van der Waals surface area contributed by atoms with Crippen LogP contribution in [-0.4, -0.2) is 27.8 Å². The highest BCUT2D eigenvalue weighted by Gasteiger charge is 2.48. The number of fused-ring (bicyclic) bond motifs is 1. The highest BCUT2D eigenvalue weighted by atomic mass is 32.1. The topological polar surface area (TPSA) is 70.2 Å². The number of alkyl halides is 2. The number of hydrogen-bond acceptors (Lipinski definition) is 3. The third-order valence-electron chi connectivity index (χ3n) is 3.28. The Morgan fingerprint density at radius 2 is 1.95 bits per heavy atom. The lowest BCUT2D eigenvalue weighted by Crippen LogP contribution is -2.37. The van der Waals surface area contributed by atoms with Crippen LogP contribution in [0.4, 0.5) is 8.78 Å². The first-order valence-corrected chi connectivity index (χ1v) is 7.10. The largest absolute Gasteiger partial charge is 0.476 e. The molecular formula is C15H9F2NO3S. The number of H-pyrrole nitrogens is 1. The maximum atomic E-state index is 13.3. The summed E-state index contributed by atoms with van der Waals surface area (Å²) < 4.78 is 26.6. The molecular weight excluding hydrogens is 312 g/mol. The summed E-state index contributed by atoms with van der Waals surface area (Å²) in [6.45, 7) is 0. The third kappa shape index (κ3) is 2.19. The van der Waals surface area contributed by atoms with E-state index in [-0.39, 0.29) is 4.88 Å². The van der Waals surface area contributed by atoms with Gasteiger partial charge in [-0.25, -0.2) is 4.79 Å². The number of benzene rings is 1. The number of carboxylic acid groups (broad SMARTS) is 1. The number of carbonyl (C=O) groups is 2. The van der Waals surface area contributed by atoms with Crippen LogP contribution in [0.1, 0.15) is 9.67 Å². The molecule has 0 amide bonds. The van der Waals surface area contributed by atoms with Crippen molar-refractivity contribution in [1.29, 1.82) is 0 Å². The van der Waals surface area contributed by atoms with Crippen LogP contribution in [0.15, 0.2) is 41.9 Å². The maximum absolute atomic E-state index is 13.3. The Balaban J connectivity index is 2.01. The minimum atomic E-state index is -4.41. The molecule has 2 heterocycles. The molecule has 22 heavy (non-hydrogen) atoms. The summed E-state index contributed by atoms with van der Waals surface area (Å²) in [7, 11) is 0. The number of Topliss-reactive ketones (excluding diaryl/α,β-unsaturated/α-hetero) is 1. The average Bonchev–Trinajstić information content (AvgIpc) is 3.12. The Hall–Kier alpha value is -2.54. The number of carboxylic acids is 1. The summed E-state index contributed by atoms with van der Waals surface area (Å²) in [5, 5.41) is 10.9. The smallest absolute Gasteiger partial charge is 0.404 e. The van der Waals surface area contributed by atoms with E-state index in [1.807, 2.05) is 24.3 Å². The number of nitrogens with one attached hydrogen (secondary N) is 1. The van der Waals surface area contributed by atoms with E-state index in [1.54, 1.807) is 11.6 Å². The number of thiophene rings is 1. The van der Waals surface area contributed by atoms with Gasteiger partial charge in [0.1, 0.15) is 0 Å². The van der Waals surface area contributed by atoms with Gasteiger partial charge in [0.25, 0.3) is 5.78 Å². The van der Waals surface area contributed by atoms with E-state index in [0.717, 1.165) is 27.8 Å². The molecule has 4 nitrogen and oxygen atoms in total. The quantitative estimate of drug-likeness (QED) is 0.567. The van der Waals surface area contributed by atoms with E-state index in [2.05, 4.69) is 4.98 Å². The van der Waals surface area contributed by atoms with Gasteiger partial charge in [0.15, 0.2) is 0 Å². The molecule has 1 aromatic carbocycles. The normalized spacial score (nSPS) is 11.7. The third-order valence-corrected chi connectivity index (χ3v) is 4.21. The zero-order valence-electron chi connectivity index (χ0n) is 11.0. The Kier molecular flexibility index (Phi) is 3.29. The summed E-state index contributed by atoms with van der Waals surface area (Å²) in [6.07, 6.45) is 1.72. The van der Waals surface area contributed by atoms with Gasteiger partial charge in [0.05, 0.1) is 4.88 Å². The van der Waals surface area contributed by atoms with E-state index >= 15 is 0 Å². The fourth-order valence-corrected chi connectivity index (χ4v) is 3.04. The number of hydrogen-bond donors (Lipinski definition) is 2. The van der Waals surface area contributed by atoms with Crippen molar-refractivity contribution in [2.75, 3.05) is 0 Å². The van der Waals surface area contributed by atoms with Gasteiger partial charge >= 0.3 is 11.9 Å². The summed E-state index contributed by atoms with van der Waals surface area (Å²) in [5.74, 6) is -8.56. The van der Waals surface area contributed by atoms with Crippen molar-refractivity contribution in [3.8, 4) is 11.1 Å². The van der Waals surface area contributed by atoms with Crippen LogP contribution >= 0.6 is 11.3 Å². The SMILES string of the molecule is O=C(O)C(F)(F)C(=O)c1cc(-c2c[nH]c3ccccc23)cs1. The maximum Gasteiger partial charge on any atom is 0.404 e. The van der Waals surface area contributed by atoms with Crippen LogP contribution in [0.5, 0.6) is 0 Å². The molecule has 0 spiro atoms. The summed E-state index contributed by atoms with van der Waals surface area (Å²) in [5.41, 5.74) is 2.24. The van der Waals surface area contributed by atoms with Gasteiger partial charge < -0.3 is 10.1 Å². The lowest BCUT2D eigenvalue weighted by atomic mass is 10.1. The number of aromatic nitrogens is 1. The molecule has 0 bridgehead atoms. The standard InChI is InChI=1S/C15H9F2NO3S/c16-15(17,14(20)21)13(19)12-5-8(7-22-12)10-6-18-11-4-2-1-3-9(10)11/h1-7,18H,(H,20,21). The zero-order chi connectivity index (χ0) is 15.9. The molecule has 0 saturated carbocycles. The van der Waals surface area contributed by atoms with Crippen LogP contribution in [0.2, 0.25) is 0 Å². The van der Waals surface area contributed by atoms with Gasteiger partial charge in [-0.15, -0.1) is 11.3 Å². The van der Waals surface area contributed by atoms with Crippen molar-refractivity contribution in [3.05, 3.63) is 46.8 Å². The lowest BCUT2D eigenvalue weighted by molar-refractivity contribution is -0.157. The Morgan fingerprint density at radius 3 is 2.68 bits per heavy atom. The number of aliphatic carboxylic acids is 1. The molecule has 3 aromatic rings. The molecule has 0 aliphatic rings. The molecule has 0 fully saturated rings. The summed E-state index contributed by atoms with van der Waals surface area (Å²) in [6, 6.07) is 8.73. The first kappa shape index (κ1) is 14.4. The monoisotopic (exact) mass is 321 g/mol. The first-order chi connectivity index (χ1) is 10.4. The molecule has 112 valence electrons.